The van der Waals surface area contributed by atoms with Crippen molar-refractivity contribution in [2.45, 2.75) is 6.42 Å². The smallest absolute Gasteiger partial charge is 0.337 e. The lowest BCUT2D eigenvalue weighted by atomic mass is 10.1. The molecule has 2 N–H and O–H groups in total. The van der Waals surface area contributed by atoms with Crippen LogP contribution < -0.4 is 20.1 Å². The van der Waals surface area contributed by atoms with E-state index in [4.69, 9.17) is 38.0 Å². The van der Waals surface area contributed by atoms with Crippen LogP contribution in [-0.4, -0.2) is 39.0 Å². The number of thiocarbonyl (C=S) groups is 1. The Morgan fingerprint density at radius 1 is 1.07 bits per heavy atom. The van der Waals surface area contributed by atoms with E-state index in [9.17, 15) is 4.79 Å². The van der Waals surface area contributed by atoms with Gasteiger partial charge in [-0.25, -0.2) is 4.79 Å². The molecule has 0 saturated heterocycles. The third-order valence-electron chi connectivity index (χ3n) is 3.78. The van der Waals surface area contributed by atoms with Crippen LogP contribution in [0.25, 0.3) is 0 Å². The van der Waals surface area contributed by atoms with E-state index in [0.717, 1.165) is 12.0 Å². The average molecular weight is 409 g/mol. The van der Waals surface area contributed by atoms with Crippen LogP contribution in [0.5, 0.6) is 11.5 Å². The van der Waals surface area contributed by atoms with Gasteiger partial charge in [-0.05, 0) is 54.5 Å². The largest absolute Gasteiger partial charge is 0.493 e. The van der Waals surface area contributed by atoms with Gasteiger partial charge in [-0.1, -0.05) is 17.7 Å². The van der Waals surface area contributed by atoms with E-state index >= 15 is 0 Å². The molecule has 0 bridgehead atoms. The van der Waals surface area contributed by atoms with Crippen molar-refractivity contribution in [3.63, 3.8) is 0 Å². The first-order chi connectivity index (χ1) is 13.0. The number of carbonyl (C=O) groups is 1. The number of methoxy groups -OCH3 is 3. The van der Waals surface area contributed by atoms with Crippen LogP contribution in [0.15, 0.2) is 36.4 Å². The minimum Gasteiger partial charge on any atom is -0.493 e. The van der Waals surface area contributed by atoms with Gasteiger partial charge in [0.25, 0.3) is 0 Å². The van der Waals surface area contributed by atoms with Gasteiger partial charge in [-0.15, -0.1) is 0 Å². The van der Waals surface area contributed by atoms with E-state index in [2.05, 4.69) is 10.6 Å². The summed E-state index contributed by atoms with van der Waals surface area (Å²) in [5, 5.41) is 6.95. The number of benzene rings is 2. The number of halogens is 1. The summed E-state index contributed by atoms with van der Waals surface area (Å²) in [6.45, 7) is 0.607. The molecule has 0 saturated carbocycles. The first-order valence-electron chi connectivity index (χ1n) is 8.12. The lowest BCUT2D eigenvalue weighted by Crippen LogP contribution is -2.30. The van der Waals surface area contributed by atoms with Crippen molar-refractivity contribution in [1.82, 2.24) is 5.32 Å². The van der Waals surface area contributed by atoms with Gasteiger partial charge in [0, 0.05) is 6.54 Å². The van der Waals surface area contributed by atoms with Gasteiger partial charge < -0.3 is 24.8 Å². The van der Waals surface area contributed by atoms with Crippen molar-refractivity contribution in [3.8, 4) is 11.5 Å². The van der Waals surface area contributed by atoms with Gasteiger partial charge in [0.05, 0.1) is 37.6 Å². The molecule has 0 unspecified atom stereocenters. The third kappa shape index (κ3) is 5.74. The van der Waals surface area contributed by atoms with Crippen molar-refractivity contribution in [2.24, 2.45) is 0 Å². The molecule has 144 valence electrons. The molecule has 0 aliphatic heterocycles. The summed E-state index contributed by atoms with van der Waals surface area (Å²) in [7, 11) is 4.53. The Balaban J connectivity index is 1.92. The van der Waals surface area contributed by atoms with E-state index < -0.39 is 5.97 Å². The molecule has 2 rings (SSSR count). The fourth-order valence-electron chi connectivity index (χ4n) is 2.39. The highest BCUT2D eigenvalue weighted by Gasteiger charge is 2.10. The zero-order chi connectivity index (χ0) is 19.8. The van der Waals surface area contributed by atoms with Crippen LogP contribution >= 0.6 is 23.8 Å². The number of rotatable bonds is 7. The highest BCUT2D eigenvalue weighted by Crippen LogP contribution is 2.27. The van der Waals surface area contributed by atoms with Crippen molar-refractivity contribution >= 4 is 40.6 Å². The van der Waals surface area contributed by atoms with Crippen LogP contribution in [0.1, 0.15) is 15.9 Å². The summed E-state index contributed by atoms with van der Waals surface area (Å²) in [5.74, 6) is 0.927. The second-order valence-corrected chi connectivity index (χ2v) is 6.32. The second-order valence-electron chi connectivity index (χ2n) is 5.51. The summed E-state index contributed by atoms with van der Waals surface area (Å²) in [6, 6.07) is 10.6. The Hall–Kier alpha value is -2.51. The van der Waals surface area contributed by atoms with Gasteiger partial charge in [0.1, 0.15) is 0 Å². The molecule has 6 nitrogen and oxygen atoms in total. The fourth-order valence-corrected chi connectivity index (χ4v) is 2.77. The zero-order valence-corrected chi connectivity index (χ0v) is 16.9. The molecule has 0 aliphatic carbocycles. The SMILES string of the molecule is COC(=O)c1ccc(Cl)c(NC(=S)NCCc2ccc(OC)c(OC)c2)c1. The number of anilines is 1. The minimum absolute atomic E-state index is 0.387. The number of nitrogens with one attached hydrogen (secondary N) is 2. The van der Waals surface area contributed by atoms with Gasteiger partial charge >= 0.3 is 5.97 Å². The first kappa shape index (κ1) is 20.8. The predicted octanol–water partition coefficient (Wildman–Crippen LogP) is 3.67. The second kappa shape index (κ2) is 9.99. The minimum atomic E-state index is -0.443. The third-order valence-corrected chi connectivity index (χ3v) is 4.36. The molecular formula is C19H21ClN2O4S. The van der Waals surface area contributed by atoms with Crippen LogP contribution in [0, 0.1) is 0 Å². The van der Waals surface area contributed by atoms with E-state index in [1.807, 2.05) is 18.2 Å². The molecule has 0 amide bonds. The molecule has 8 heteroatoms. The van der Waals surface area contributed by atoms with Gasteiger partial charge in [-0.2, -0.15) is 0 Å². The Bertz CT molecular complexity index is 829. The lowest BCUT2D eigenvalue weighted by Gasteiger charge is -2.13. The molecule has 0 spiro atoms. The topological polar surface area (TPSA) is 68.8 Å². The standard InChI is InChI=1S/C19H21ClN2O4S/c1-24-16-7-4-12(10-17(16)25-2)8-9-21-19(27)22-15-11-13(18(23)26-3)5-6-14(15)20/h4-7,10-11H,8-9H2,1-3H3,(H2,21,22,27). The van der Waals surface area contributed by atoms with Crippen molar-refractivity contribution in [1.29, 1.82) is 0 Å². The number of carbonyl (C=O) groups excluding carboxylic acids is 1. The molecule has 27 heavy (non-hydrogen) atoms. The Morgan fingerprint density at radius 3 is 2.48 bits per heavy atom. The summed E-state index contributed by atoms with van der Waals surface area (Å²) in [6.07, 6.45) is 0.734. The maximum absolute atomic E-state index is 11.6. The van der Waals surface area contributed by atoms with E-state index in [1.165, 1.54) is 7.11 Å². The van der Waals surface area contributed by atoms with Crippen molar-refractivity contribution in [3.05, 3.63) is 52.5 Å². The number of hydrogen-bond donors (Lipinski definition) is 2. The summed E-state index contributed by atoms with van der Waals surface area (Å²) in [5.41, 5.74) is 1.99. The van der Waals surface area contributed by atoms with Crippen LogP contribution in [0.4, 0.5) is 5.69 Å². The quantitative estimate of drug-likeness (QED) is 0.535. The molecule has 0 fully saturated rings. The van der Waals surface area contributed by atoms with Crippen molar-refractivity contribution in [2.75, 3.05) is 33.2 Å². The molecule has 2 aromatic rings. The highest BCUT2D eigenvalue weighted by atomic mass is 35.5. The maximum Gasteiger partial charge on any atom is 0.337 e. The Kier molecular flexibility index (Phi) is 7.69. The first-order valence-corrected chi connectivity index (χ1v) is 8.90. The van der Waals surface area contributed by atoms with E-state index in [1.54, 1.807) is 32.4 Å². The molecule has 0 radical (unpaired) electrons. The van der Waals surface area contributed by atoms with Gasteiger partial charge in [0.2, 0.25) is 0 Å². The molecule has 0 heterocycles. The summed E-state index contributed by atoms with van der Waals surface area (Å²) in [4.78, 5) is 11.6. The molecule has 0 aliphatic rings. The lowest BCUT2D eigenvalue weighted by molar-refractivity contribution is 0.0601. The number of hydrogen-bond acceptors (Lipinski definition) is 5. The molecule has 2 aromatic carbocycles. The Morgan fingerprint density at radius 2 is 1.81 bits per heavy atom. The average Bonchev–Trinajstić information content (AvgIpc) is 2.68. The molecule has 0 aromatic heterocycles. The zero-order valence-electron chi connectivity index (χ0n) is 15.3. The van der Waals surface area contributed by atoms with Crippen LogP contribution in [0.2, 0.25) is 5.02 Å². The van der Waals surface area contributed by atoms with Crippen LogP contribution in [0.3, 0.4) is 0 Å². The van der Waals surface area contributed by atoms with Crippen molar-refractivity contribution < 1.29 is 19.0 Å². The maximum atomic E-state index is 11.6. The summed E-state index contributed by atoms with van der Waals surface area (Å²) < 4.78 is 15.2. The Labute approximate surface area is 168 Å². The van der Waals surface area contributed by atoms with Gasteiger partial charge in [-0.3, -0.25) is 0 Å². The normalized spacial score (nSPS) is 10.1. The fraction of sp³-hybridized carbons (Fsp3) is 0.263. The molecule has 0 atom stereocenters. The highest BCUT2D eigenvalue weighted by molar-refractivity contribution is 7.80. The van der Waals surface area contributed by atoms with Gasteiger partial charge in [0.15, 0.2) is 16.6 Å². The monoisotopic (exact) mass is 408 g/mol. The number of esters is 1. The van der Waals surface area contributed by atoms with E-state index in [-0.39, 0.29) is 0 Å². The predicted molar refractivity (Wildman–Crippen MR) is 110 cm³/mol. The number of ether oxygens (including phenoxy) is 3. The van der Waals surface area contributed by atoms with Crippen LogP contribution in [-0.2, 0) is 11.2 Å². The molecular weight excluding hydrogens is 388 g/mol. The summed E-state index contributed by atoms with van der Waals surface area (Å²) >= 11 is 11.4. The van der Waals surface area contributed by atoms with E-state index in [0.29, 0.717) is 39.4 Å².